The van der Waals surface area contributed by atoms with Crippen LogP contribution in [0.4, 0.5) is 0 Å². The van der Waals surface area contributed by atoms with Gasteiger partial charge in [0, 0.05) is 34.8 Å². The second-order valence-corrected chi connectivity index (χ2v) is 6.67. The number of aryl methyl sites for hydroxylation is 2. The van der Waals surface area contributed by atoms with Crippen molar-refractivity contribution in [3.8, 4) is 0 Å². The number of benzene rings is 1. The van der Waals surface area contributed by atoms with Crippen LogP contribution in [-0.2, 0) is 22.5 Å². The minimum absolute atomic E-state index is 0.0252. The minimum atomic E-state index is -3.42. The van der Waals surface area contributed by atoms with Gasteiger partial charge in [-0.15, -0.1) is 0 Å². The highest BCUT2D eigenvalue weighted by atomic mass is 35.7. The van der Waals surface area contributed by atoms with Crippen molar-refractivity contribution in [2.24, 2.45) is 7.05 Å². The Morgan fingerprint density at radius 3 is 2.75 bits per heavy atom. The fourth-order valence-corrected chi connectivity index (χ4v) is 2.51. The normalized spacial score (nSPS) is 12.1. The largest absolute Gasteiger partial charge is 0.351 e. The van der Waals surface area contributed by atoms with Gasteiger partial charge in [-0.1, -0.05) is 12.1 Å². The number of hydrogen-bond acceptors (Lipinski definition) is 2. The molecule has 0 radical (unpaired) electrons. The van der Waals surface area contributed by atoms with Gasteiger partial charge >= 0.3 is 0 Å². The SMILES string of the molecule is Cn1ccc2c(CCS(=O)(=O)Cl)cccc21. The van der Waals surface area contributed by atoms with Gasteiger partial charge in [0.1, 0.15) is 0 Å². The Kier molecular flexibility index (Phi) is 2.95. The first-order valence-electron chi connectivity index (χ1n) is 4.92. The van der Waals surface area contributed by atoms with Crippen molar-refractivity contribution in [2.75, 3.05) is 5.75 Å². The molecule has 1 aromatic heterocycles. The Morgan fingerprint density at radius 1 is 1.31 bits per heavy atom. The van der Waals surface area contributed by atoms with E-state index in [1.54, 1.807) is 0 Å². The molecule has 0 aliphatic rings. The Balaban J connectivity index is 2.38. The van der Waals surface area contributed by atoms with E-state index in [2.05, 4.69) is 0 Å². The Labute approximate surface area is 99.1 Å². The van der Waals surface area contributed by atoms with E-state index in [1.165, 1.54) is 0 Å². The number of halogens is 1. The van der Waals surface area contributed by atoms with Crippen LogP contribution in [0.3, 0.4) is 0 Å². The van der Waals surface area contributed by atoms with Crippen LogP contribution < -0.4 is 0 Å². The fourth-order valence-electron chi connectivity index (χ4n) is 1.82. The molecule has 1 aromatic carbocycles. The Morgan fingerprint density at radius 2 is 2.06 bits per heavy atom. The smallest absolute Gasteiger partial charge is 0.232 e. The van der Waals surface area contributed by atoms with Gasteiger partial charge in [0.2, 0.25) is 9.05 Å². The molecule has 0 aliphatic heterocycles. The molecule has 0 amide bonds. The first kappa shape index (κ1) is 11.5. The Hall–Kier alpha value is -1.00. The standard InChI is InChI=1S/C11H12ClNO2S/c1-13-7-5-10-9(3-2-4-11(10)13)6-8-16(12,14)15/h2-5,7H,6,8H2,1H3. The first-order valence-corrected chi connectivity index (χ1v) is 7.40. The zero-order valence-corrected chi connectivity index (χ0v) is 10.4. The van der Waals surface area contributed by atoms with E-state index in [-0.39, 0.29) is 5.75 Å². The molecule has 2 rings (SSSR count). The van der Waals surface area contributed by atoms with E-state index in [4.69, 9.17) is 10.7 Å². The van der Waals surface area contributed by atoms with E-state index in [1.807, 2.05) is 42.1 Å². The van der Waals surface area contributed by atoms with Crippen molar-refractivity contribution in [1.82, 2.24) is 4.57 Å². The molecule has 0 saturated heterocycles. The zero-order valence-electron chi connectivity index (χ0n) is 8.85. The number of rotatable bonds is 3. The van der Waals surface area contributed by atoms with Gasteiger partial charge < -0.3 is 4.57 Å². The highest BCUT2D eigenvalue weighted by Gasteiger charge is 2.08. The topological polar surface area (TPSA) is 39.1 Å². The summed E-state index contributed by atoms with van der Waals surface area (Å²) in [5.74, 6) is -0.0252. The summed E-state index contributed by atoms with van der Waals surface area (Å²) in [7, 11) is 3.75. The van der Waals surface area contributed by atoms with E-state index in [0.717, 1.165) is 16.5 Å². The summed E-state index contributed by atoms with van der Waals surface area (Å²) in [5, 5.41) is 1.09. The number of hydrogen-bond donors (Lipinski definition) is 0. The molecule has 86 valence electrons. The Bertz CT molecular complexity index is 616. The second-order valence-electron chi connectivity index (χ2n) is 3.77. The molecular weight excluding hydrogens is 246 g/mol. The van der Waals surface area contributed by atoms with Crippen LogP contribution in [-0.4, -0.2) is 18.7 Å². The second kappa shape index (κ2) is 4.11. The summed E-state index contributed by atoms with van der Waals surface area (Å²) in [6, 6.07) is 7.86. The summed E-state index contributed by atoms with van der Waals surface area (Å²) in [5.41, 5.74) is 2.12. The van der Waals surface area contributed by atoms with Crippen molar-refractivity contribution >= 4 is 30.6 Å². The predicted octanol–water partition coefficient (Wildman–Crippen LogP) is 2.29. The third-order valence-electron chi connectivity index (χ3n) is 2.63. The van der Waals surface area contributed by atoms with Gasteiger partial charge in [-0.05, 0) is 24.1 Å². The highest BCUT2D eigenvalue weighted by molar-refractivity contribution is 8.13. The van der Waals surface area contributed by atoms with Gasteiger partial charge in [0.15, 0.2) is 0 Å². The van der Waals surface area contributed by atoms with Crippen LogP contribution >= 0.6 is 10.7 Å². The van der Waals surface area contributed by atoms with Crippen LogP contribution in [0.1, 0.15) is 5.56 Å². The zero-order chi connectivity index (χ0) is 11.8. The molecule has 16 heavy (non-hydrogen) atoms. The predicted molar refractivity (Wildman–Crippen MR) is 66.3 cm³/mol. The van der Waals surface area contributed by atoms with E-state index < -0.39 is 9.05 Å². The number of fused-ring (bicyclic) bond motifs is 1. The number of nitrogens with zero attached hydrogens (tertiary/aromatic N) is 1. The molecular formula is C11H12ClNO2S. The van der Waals surface area contributed by atoms with Crippen LogP contribution in [0.2, 0.25) is 0 Å². The maximum absolute atomic E-state index is 10.9. The van der Waals surface area contributed by atoms with Crippen molar-refractivity contribution in [2.45, 2.75) is 6.42 Å². The summed E-state index contributed by atoms with van der Waals surface area (Å²) in [6.07, 6.45) is 2.41. The van der Waals surface area contributed by atoms with Crippen LogP contribution in [0, 0.1) is 0 Å². The van der Waals surface area contributed by atoms with Gasteiger partial charge in [0.25, 0.3) is 0 Å². The first-order chi connectivity index (χ1) is 7.47. The quantitative estimate of drug-likeness (QED) is 0.792. The van der Waals surface area contributed by atoms with Gasteiger partial charge in [-0.25, -0.2) is 8.42 Å². The molecule has 5 heteroatoms. The summed E-state index contributed by atoms with van der Waals surface area (Å²) in [4.78, 5) is 0. The average molecular weight is 258 g/mol. The monoisotopic (exact) mass is 257 g/mol. The third-order valence-corrected chi connectivity index (χ3v) is 3.79. The maximum atomic E-state index is 10.9. The van der Waals surface area contributed by atoms with Crippen molar-refractivity contribution in [1.29, 1.82) is 0 Å². The van der Waals surface area contributed by atoms with Crippen molar-refractivity contribution < 1.29 is 8.42 Å². The van der Waals surface area contributed by atoms with Gasteiger partial charge in [-0.2, -0.15) is 0 Å². The minimum Gasteiger partial charge on any atom is -0.351 e. The molecule has 0 fully saturated rings. The lowest BCUT2D eigenvalue weighted by Crippen LogP contribution is -2.01. The third kappa shape index (κ3) is 2.39. The summed E-state index contributed by atoms with van der Waals surface area (Å²) < 4.78 is 23.8. The molecule has 0 saturated carbocycles. The van der Waals surface area contributed by atoms with E-state index >= 15 is 0 Å². The molecule has 1 heterocycles. The molecule has 0 unspecified atom stereocenters. The van der Waals surface area contributed by atoms with Crippen molar-refractivity contribution in [3.63, 3.8) is 0 Å². The number of aromatic nitrogens is 1. The molecule has 0 atom stereocenters. The lowest BCUT2D eigenvalue weighted by molar-refractivity contribution is 0.609. The van der Waals surface area contributed by atoms with Crippen LogP contribution in [0.5, 0.6) is 0 Å². The molecule has 3 nitrogen and oxygen atoms in total. The molecule has 0 N–H and O–H groups in total. The summed E-state index contributed by atoms with van der Waals surface area (Å²) in [6.45, 7) is 0. The molecule has 0 bridgehead atoms. The van der Waals surface area contributed by atoms with E-state index in [9.17, 15) is 8.42 Å². The van der Waals surface area contributed by atoms with Gasteiger partial charge in [0.05, 0.1) is 5.75 Å². The fraction of sp³-hybridized carbons (Fsp3) is 0.273. The van der Waals surface area contributed by atoms with Crippen LogP contribution in [0.15, 0.2) is 30.5 Å². The molecule has 0 aliphatic carbocycles. The lowest BCUT2D eigenvalue weighted by atomic mass is 10.1. The van der Waals surface area contributed by atoms with Gasteiger partial charge in [-0.3, -0.25) is 0 Å². The highest BCUT2D eigenvalue weighted by Crippen LogP contribution is 2.20. The maximum Gasteiger partial charge on any atom is 0.232 e. The molecule has 0 spiro atoms. The summed E-state index contributed by atoms with van der Waals surface area (Å²) >= 11 is 0. The van der Waals surface area contributed by atoms with E-state index in [0.29, 0.717) is 6.42 Å². The van der Waals surface area contributed by atoms with Crippen molar-refractivity contribution in [3.05, 3.63) is 36.0 Å². The molecule has 2 aromatic rings. The van der Waals surface area contributed by atoms with Crippen LogP contribution in [0.25, 0.3) is 10.9 Å². The average Bonchev–Trinajstić information content (AvgIpc) is 2.57. The lowest BCUT2D eigenvalue weighted by Gasteiger charge is -2.02.